The number of non-ortho nitro benzene ring substituents is 1. The van der Waals surface area contributed by atoms with Crippen LogP contribution in [0.3, 0.4) is 0 Å². The summed E-state index contributed by atoms with van der Waals surface area (Å²) in [6.07, 6.45) is 4.09. The molecule has 0 saturated carbocycles. The molecule has 1 saturated heterocycles. The van der Waals surface area contributed by atoms with Gasteiger partial charge in [0.15, 0.2) is 0 Å². The average molecular weight is 872 g/mol. The van der Waals surface area contributed by atoms with Gasteiger partial charge in [-0.2, -0.15) is 0 Å². The molecule has 0 radical (unpaired) electrons. The van der Waals surface area contributed by atoms with Crippen molar-refractivity contribution in [3.05, 3.63) is 199 Å². The first kappa shape index (κ1) is 39.2. The zero-order chi connectivity index (χ0) is 40.9. The van der Waals surface area contributed by atoms with Crippen LogP contribution in [0.5, 0.6) is 0 Å². The first-order valence-corrected chi connectivity index (χ1v) is 24.3. The summed E-state index contributed by atoms with van der Waals surface area (Å²) in [4.78, 5) is 22.1. The molecular weight excluding hydrogens is 825 g/mol. The second kappa shape index (κ2) is 15.6. The van der Waals surface area contributed by atoms with Gasteiger partial charge in [0.1, 0.15) is 0 Å². The van der Waals surface area contributed by atoms with Crippen molar-refractivity contribution in [3.63, 3.8) is 0 Å². The molecule has 294 valence electrons. The van der Waals surface area contributed by atoms with Gasteiger partial charge in [-0.3, -0.25) is 0 Å². The van der Waals surface area contributed by atoms with E-state index in [4.69, 9.17) is 14.7 Å². The molecule has 8 rings (SSSR count). The average Bonchev–Trinajstić information content (AvgIpc) is 3.80. The Morgan fingerprint density at radius 2 is 1.19 bits per heavy atom. The summed E-state index contributed by atoms with van der Waals surface area (Å²) in [5.41, 5.74) is 16.3. The molecule has 1 fully saturated rings. The number of fused-ring (bicyclic) bond motifs is 1. The minimum atomic E-state index is -4.31. The van der Waals surface area contributed by atoms with Crippen molar-refractivity contribution in [1.29, 1.82) is 0 Å². The van der Waals surface area contributed by atoms with Gasteiger partial charge >= 0.3 is 350 Å². The third kappa shape index (κ3) is 7.01. The molecule has 58 heavy (non-hydrogen) atoms. The minimum absolute atomic E-state index is 0.00887. The Morgan fingerprint density at radius 3 is 1.74 bits per heavy atom. The van der Waals surface area contributed by atoms with Gasteiger partial charge in [0.05, 0.1) is 0 Å². The van der Waals surface area contributed by atoms with Crippen LogP contribution in [0.25, 0.3) is 5.57 Å². The van der Waals surface area contributed by atoms with E-state index < -0.39 is 12.9 Å². The summed E-state index contributed by atoms with van der Waals surface area (Å²) in [5.74, 6) is 0. The fourth-order valence-electron chi connectivity index (χ4n) is 8.65. The topological polar surface area (TPSA) is 62.0 Å². The zero-order valence-corrected chi connectivity index (χ0v) is 36.4. The molecule has 6 aromatic carbocycles. The van der Waals surface area contributed by atoms with E-state index in [1.807, 2.05) is 43.3 Å². The van der Waals surface area contributed by atoms with Crippen molar-refractivity contribution >= 4 is 56.8 Å². The van der Waals surface area contributed by atoms with Crippen molar-refractivity contribution in [1.82, 2.24) is 0 Å². The molecule has 1 aliphatic carbocycles. The Labute approximate surface area is 347 Å². The molecule has 6 nitrogen and oxygen atoms in total. The van der Waals surface area contributed by atoms with Gasteiger partial charge in [-0.15, -0.1) is 0 Å². The monoisotopic (exact) mass is 872 g/mol. The van der Waals surface area contributed by atoms with Crippen LogP contribution < -0.4 is 14.0 Å². The molecule has 6 aromatic rings. The molecule has 2 aliphatic rings. The van der Waals surface area contributed by atoms with Crippen molar-refractivity contribution in [2.45, 2.75) is 48.5 Å². The zero-order valence-electron chi connectivity index (χ0n) is 34.0. The molecule has 1 aliphatic heterocycles. The number of hydrogen-bond donors (Lipinski definition) is 0. The maximum absolute atomic E-state index is 12.5. The Hall–Kier alpha value is -5.62. The number of hydrogen-bond acceptors (Lipinski definition) is 5. The fourth-order valence-corrected chi connectivity index (χ4v) is 17.4. The van der Waals surface area contributed by atoms with E-state index in [0.29, 0.717) is 18.7 Å². The molecule has 0 spiro atoms. The Bertz CT molecular complexity index is 2720. The molecule has 0 aromatic heterocycles. The third-order valence-electron chi connectivity index (χ3n) is 10.9. The SMILES string of the molecule is Cc1ccc(N=Cc2cc([N+](=O)[O-])cc[c]2[Ru]([Cl])(=[C]2C=C(c3ccccc3)c3ccccc32)=[C]2N(c3c(C)cc(C)cc3C)CCN2c2c(C)cc(C)cc2C)cc1. The van der Waals surface area contributed by atoms with E-state index in [1.165, 1.54) is 33.4 Å². The Balaban J connectivity index is 1.60. The summed E-state index contributed by atoms with van der Waals surface area (Å²) < 4.78 is 2.96. The second-order valence-corrected chi connectivity index (χ2v) is 22.7. The molecule has 1 heterocycles. The van der Waals surface area contributed by atoms with E-state index in [-0.39, 0.29) is 10.6 Å². The van der Waals surface area contributed by atoms with Crippen LogP contribution in [-0.2, 0) is 12.9 Å². The predicted molar refractivity (Wildman–Crippen MR) is 242 cm³/mol. The molecule has 0 amide bonds. The van der Waals surface area contributed by atoms with E-state index in [1.54, 1.807) is 18.3 Å². The number of nitro groups is 1. The van der Waals surface area contributed by atoms with Crippen LogP contribution in [0.2, 0.25) is 0 Å². The van der Waals surface area contributed by atoms with Crippen LogP contribution in [0.1, 0.15) is 61.2 Å². The summed E-state index contributed by atoms with van der Waals surface area (Å²) in [6.45, 7) is 16.5. The van der Waals surface area contributed by atoms with Crippen LogP contribution >= 0.6 is 9.69 Å². The molecule has 1 atom stereocenters. The summed E-state index contributed by atoms with van der Waals surface area (Å²) in [6, 6.07) is 41.2. The van der Waals surface area contributed by atoms with Crippen molar-refractivity contribution in [2.24, 2.45) is 4.99 Å². The van der Waals surface area contributed by atoms with Gasteiger partial charge in [0.25, 0.3) is 0 Å². The molecule has 0 bridgehead atoms. The van der Waals surface area contributed by atoms with E-state index in [2.05, 4.69) is 130 Å². The number of benzene rings is 6. The van der Waals surface area contributed by atoms with Gasteiger partial charge < -0.3 is 0 Å². The number of allylic oxidation sites excluding steroid dienone is 1. The number of anilines is 2. The summed E-state index contributed by atoms with van der Waals surface area (Å²) in [5, 5.41) is 12.5. The number of halogens is 1. The van der Waals surface area contributed by atoms with Crippen LogP contribution in [0.4, 0.5) is 22.7 Å². The molecular formula is C50H47ClN4O2Ru. The van der Waals surface area contributed by atoms with Gasteiger partial charge in [-0.05, 0) is 0 Å². The number of nitrogens with zero attached hydrogens (tertiary/aromatic N) is 4. The van der Waals surface area contributed by atoms with Crippen molar-refractivity contribution in [2.75, 3.05) is 22.9 Å². The van der Waals surface area contributed by atoms with Crippen molar-refractivity contribution < 1.29 is 17.8 Å². The van der Waals surface area contributed by atoms with Crippen molar-refractivity contribution in [3.8, 4) is 0 Å². The normalized spacial score (nSPS) is 15.5. The van der Waals surface area contributed by atoms with Gasteiger partial charge in [0.2, 0.25) is 0 Å². The van der Waals surface area contributed by atoms with Gasteiger partial charge in [-0.1, -0.05) is 0 Å². The molecule has 8 heteroatoms. The Morgan fingerprint density at radius 1 is 0.655 bits per heavy atom. The van der Waals surface area contributed by atoms with Crippen LogP contribution in [0, 0.1) is 58.6 Å². The third-order valence-corrected chi connectivity index (χ3v) is 19.4. The second-order valence-electron chi connectivity index (χ2n) is 15.4. The quantitative estimate of drug-likeness (QED) is 0.0694. The number of rotatable bonds is 7. The maximum atomic E-state index is 12.5. The first-order chi connectivity index (χ1) is 27.8. The van der Waals surface area contributed by atoms with Crippen LogP contribution in [0.15, 0.2) is 132 Å². The fraction of sp³-hybridized carbons (Fsp3) is 0.180. The first-order valence-electron chi connectivity index (χ1n) is 19.5. The molecule has 1 unspecified atom stereocenters. The summed E-state index contributed by atoms with van der Waals surface area (Å²) >= 11 is -4.31. The van der Waals surface area contributed by atoms with E-state index in [0.717, 1.165) is 57.5 Å². The number of aryl methyl sites for hydroxylation is 7. The van der Waals surface area contributed by atoms with Gasteiger partial charge in [-0.25, -0.2) is 0 Å². The summed E-state index contributed by atoms with van der Waals surface area (Å²) in [7, 11) is 9.00. The van der Waals surface area contributed by atoms with E-state index >= 15 is 0 Å². The number of aliphatic imine (C=N–C) groups is 1. The Kier molecular flexibility index (Phi) is 10.6. The molecule has 0 N–H and O–H groups in total. The predicted octanol–water partition coefficient (Wildman–Crippen LogP) is 11.2. The number of nitro benzene ring substituents is 1. The van der Waals surface area contributed by atoms with Crippen LogP contribution in [-0.4, -0.2) is 32.7 Å². The standard InChI is InChI=1S/C21H26N2.C15H10.C14H11N2O2.ClH.Ru/c1-14-9-16(3)20(17(4)10-14)22-7-8-23(13-22)21-18(5)11-15(2)12-19(21)6;1-2-6-12(7-3-1)15-11-10-13-8-4-5-9-14(13)15;1-11-5-7-13(8-6-11)15-10-12-3-2-4-14(9-12)16(17)18;;/h9-12H,7-8H2,1-6H3;1-9,11H;2,4-10H,1H3;1H;/q;;;;+1/p-1. The van der Waals surface area contributed by atoms with E-state index in [9.17, 15) is 10.1 Å². The van der Waals surface area contributed by atoms with Gasteiger partial charge in [0, 0.05) is 0 Å².